The maximum atomic E-state index is 12.4. The van der Waals surface area contributed by atoms with Crippen molar-refractivity contribution in [1.29, 1.82) is 0 Å². The molecule has 122 valence electrons. The number of ether oxygens (including phenoxy) is 1. The molecule has 3 rings (SSSR count). The van der Waals surface area contributed by atoms with Crippen LogP contribution in [0.25, 0.3) is 11.3 Å². The summed E-state index contributed by atoms with van der Waals surface area (Å²) in [7, 11) is 0. The minimum absolute atomic E-state index is 0.202. The quantitative estimate of drug-likeness (QED) is 0.902. The second-order valence-corrected chi connectivity index (χ2v) is 6.64. The lowest BCUT2D eigenvalue weighted by Crippen LogP contribution is -2.46. The summed E-state index contributed by atoms with van der Waals surface area (Å²) in [6, 6.07) is 5.65. The van der Waals surface area contributed by atoms with Gasteiger partial charge in [-0.05, 0) is 30.5 Å². The van der Waals surface area contributed by atoms with Crippen molar-refractivity contribution in [3.8, 4) is 11.3 Å². The number of rotatable bonds is 4. The molecule has 0 bridgehead atoms. The Labute approximate surface area is 139 Å². The van der Waals surface area contributed by atoms with Crippen molar-refractivity contribution < 1.29 is 14.6 Å². The first-order chi connectivity index (χ1) is 11.1. The Kier molecular flexibility index (Phi) is 4.75. The van der Waals surface area contributed by atoms with E-state index in [4.69, 9.17) is 4.74 Å². The fraction of sp³-hybridized carbons (Fsp3) is 0.412. The molecule has 0 aliphatic carbocycles. The molecule has 23 heavy (non-hydrogen) atoms. The van der Waals surface area contributed by atoms with Crippen LogP contribution in [-0.4, -0.2) is 41.4 Å². The molecular formula is C17H20N2O3S. The van der Waals surface area contributed by atoms with Crippen LogP contribution in [0.4, 0.5) is 0 Å². The number of pyridine rings is 1. The standard InChI is InChI=1S/C17H20N2O3S/c1-12-14(2-3-15(19-12)13-4-9-23-10-13)16(20)18-11-17(21)5-7-22-8-6-17/h2-4,9-10,21H,5-8,11H2,1H3,(H,18,20). The smallest absolute Gasteiger partial charge is 0.253 e. The van der Waals surface area contributed by atoms with E-state index < -0.39 is 5.60 Å². The maximum absolute atomic E-state index is 12.4. The van der Waals surface area contributed by atoms with Gasteiger partial charge < -0.3 is 15.2 Å². The summed E-state index contributed by atoms with van der Waals surface area (Å²) >= 11 is 1.62. The van der Waals surface area contributed by atoms with E-state index >= 15 is 0 Å². The Morgan fingerprint density at radius 3 is 2.83 bits per heavy atom. The van der Waals surface area contributed by atoms with Gasteiger partial charge >= 0.3 is 0 Å². The number of carbonyl (C=O) groups excluding carboxylic acids is 1. The Bertz CT molecular complexity index is 679. The van der Waals surface area contributed by atoms with Crippen molar-refractivity contribution in [1.82, 2.24) is 10.3 Å². The molecule has 0 aromatic carbocycles. The van der Waals surface area contributed by atoms with Crippen molar-refractivity contribution in [2.45, 2.75) is 25.4 Å². The zero-order valence-electron chi connectivity index (χ0n) is 13.0. The normalized spacial score (nSPS) is 17.0. The Hall–Kier alpha value is -1.76. The molecule has 0 saturated carbocycles. The van der Waals surface area contributed by atoms with E-state index in [9.17, 15) is 9.90 Å². The fourth-order valence-corrected chi connectivity index (χ4v) is 3.29. The summed E-state index contributed by atoms with van der Waals surface area (Å²) in [6.07, 6.45) is 1.09. The molecule has 0 spiro atoms. The van der Waals surface area contributed by atoms with Gasteiger partial charge in [0.1, 0.15) is 0 Å². The average molecular weight is 332 g/mol. The third-order valence-electron chi connectivity index (χ3n) is 4.15. The van der Waals surface area contributed by atoms with Gasteiger partial charge in [0.25, 0.3) is 5.91 Å². The first-order valence-electron chi connectivity index (χ1n) is 7.66. The van der Waals surface area contributed by atoms with Crippen LogP contribution in [0.3, 0.4) is 0 Å². The molecule has 2 aromatic rings. The number of aryl methyl sites for hydroxylation is 1. The van der Waals surface area contributed by atoms with Gasteiger partial charge in [0.2, 0.25) is 0 Å². The molecular weight excluding hydrogens is 312 g/mol. The van der Waals surface area contributed by atoms with Gasteiger partial charge in [0, 0.05) is 43.5 Å². The number of nitrogens with one attached hydrogen (secondary N) is 1. The summed E-state index contributed by atoms with van der Waals surface area (Å²) in [5.74, 6) is -0.202. The molecule has 6 heteroatoms. The monoisotopic (exact) mass is 332 g/mol. The first kappa shape index (κ1) is 16.1. The van der Waals surface area contributed by atoms with Gasteiger partial charge in [-0.1, -0.05) is 0 Å². The van der Waals surface area contributed by atoms with Crippen molar-refractivity contribution in [2.24, 2.45) is 0 Å². The highest BCUT2D eigenvalue weighted by atomic mass is 32.1. The van der Waals surface area contributed by atoms with Crippen LogP contribution in [0, 0.1) is 6.92 Å². The van der Waals surface area contributed by atoms with E-state index in [1.165, 1.54) is 0 Å². The number of aliphatic hydroxyl groups is 1. The largest absolute Gasteiger partial charge is 0.388 e. The molecule has 1 aliphatic rings. The average Bonchev–Trinajstić information content (AvgIpc) is 3.08. The number of carbonyl (C=O) groups is 1. The van der Waals surface area contributed by atoms with Crippen molar-refractivity contribution in [2.75, 3.05) is 19.8 Å². The predicted octanol–water partition coefficient (Wildman–Crippen LogP) is 2.39. The molecule has 0 atom stereocenters. The van der Waals surface area contributed by atoms with Crippen LogP contribution in [0.2, 0.25) is 0 Å². The Morgan fingerprint density at radius 2 is 2.17 bits per heavy atom. The van der Waals surface area contributed by atoms with E-state index in [0.29, 0.717) is 37.3 Å². The molecule has 1 saturated heterocycles. The molecule has 2 aromatic heterocycles. The van der Waals surface area contributed by atoms with E-state index in [-0.39, 0.29) is 12.5 Å². The van der Waals surface area contributed by atoms with Crippen LogP contribution in [0.1, 0.15) is 28.9 Å². The van der Waals surface area contributed by atoms with Crippen molar-refractivity contribution in [3.63, 3.8) is 0 Å². The second kappa shape index (κ2) is 6.78. The van der Waals surface area contributed by atoms with E-state index in [1.54, 1.807) is 17.4 Å². The highest BCUT2D eigenvalue weighted by Gasteiger charge is 2.30. The summed E-state index contributed by atoms with van der Waals surface area (Å²) in [5.41, 5.74) is 2.28. The van der Waals surface area contributed by atoms with Crippen LogP contribution in [0.15, 0.2) is 29.0 Å². The van der Waals surface area contributed by atoms with Crippen LogP contribution in [-0.2, 0) is 4.74 Å². The van der Waals surface area contributed by atoms with Crippen LogP contribution < -0.4 is 5.32 Å². The van der Waals surface area contributed by atoms with Gasteiger partial charge in [-0.15, -0.1) is 0 Å². The summed E-state index contributed by atoms with van der Waals surface area (Å²) < 4.78 is 5.24. The molecule has 0 radical (unpaired) electrons. The summed E-state index contributed by atoms with van der Waals surface area (Å²) in [4.78, 5) is 16.9. The predicted molar refractivity (Wildman–Crippen MR) is 89.6 cm³/mol. The lowest BCUT2D eigenvalue weighted by molar-refractivity contribution is -0.0605. The minimum Gasteiger partial charge on any atom is -0.388 e. The number of aromatic nitrogens is 1. The fourth-order valence-electron chi connectivity index (χ4n) is 2.64. The highest BCUT2D eigenvalue weighted by molar-refractivity contribution is 7.08. The molecule has 1 amide bonds. The molecule has 5 nitrogen and oxygen atoms in total. The number of thiophene rings is 1. The Morgan fingerprint density at radius 1 is 1.39 bits per heavy atom. The lowest BCUT2D eigenvalue weighted by Gasteiger charge is -2.32. The van der Waals surface area contributed by atoms with Gasteiger partial charge in [0.15, 0.2) is 0 Å². The molecule has 1 aliphatic heterocycles. The van der Waals surface area contributed by atoms with E-state index in [2.05, 4.69) is 10.3 Å². The molecule has 3 heterocycles. The molecule has 0 unspecified atom stereocenters. The summed E-state index contributed by atoms with van der Waals surface area (Å²) in [6.45, 7) is 3.12. The van der Waals surface area contributed by atoms with Gasteiger partial charge in [0.05, 0.1) is 22.6 Å². The third kappa shape index (κ3) is 3.77. The van der Waals surface area contributed by atoms with Gasteiger partial charge in [-0.3, -0.25) is 9.78 Å². The SMILES string of the molecule is Cc1nc(-c2ccsc2)ccc1C(=O)NCC1(O)CCOCC1. The maximum Gasteiger partial charge on any atom is 0.253 e. The zero-order valence-corrected chi connectivity index (χ0v) is 13.9. The van der Waals surface area contributed by atoms with E-state index in [0.717, 1.165) is 11.3 Å². The van der Waals surface area contributed by atoms with Gasteiger partial charge in [-0.25, -0.2) is 0 Å². The van der Waals surface area contributed by atoms with Crippen molar-refractivity contribution in [3.05, 3.63) is 40.2 Å². The third-order valence-corrected chi connectivity index (χ3v) is 4.83. The zero-order chi connectivity index (χ0) is 16.3. The minimum atomic E-state index is -0.869. The molecule has 1 fully saturated rings. The number of hydrogen-bond donors (Lipinski definition) is 2. The van der Waals surface area contributed by atoms with Gasteiger partial charge in [-0.2, -0.15) is 11.3 Å². The molecule has 2 N–H and O–H groups in total. The lowest BCUT2D eigenvalue weighted by atomic mass is 9.94. The topological polar surface area (TPSA) is 71.5 Å². The van der Waals surface area contributed by atoms with Crippen molar-refractivity contribution >= 4 is 17.2 Å². The Balaban J connectivity index is 1.67. The van der Waals surface area contributed by atoms with E-state index in [1.807, 2.05) is 29.8 Å². The summed E-state index contributed by atoms with van der Waals surface area (Å²) in [5, 5.41) is 17.2. The number of nitrogens with zero attached hydrogens (tertiary/aromatic N) is 1. The second-order valence-electron chi connectivity index (χ2n) is 5.86. The number of amides is 1. The van der Waals surface area contributed by atoms with Crippen LogP contribution in [0.5, 0.6) is 0 Å². The highest BCUT2D eigenvalue weighted by Crippen LogP contribution is 2.22. The number of hydrogen-bond acceptors (Lipinski definition) is 5. The van der Waals surface area contributed by atoms with Crippen LogP contribution >= 0.6 is 11.3 Å². The first-order valence-corrected chi connectivity index (χ1v) is 8.60.